The van der Waals surface area contributed by atoms with E-state index < -0.39 is 0 Å². The fraction of sp³-hybridized carbons (Fsp3) is 0.400. The van der Waals surface area contributed by atoms with Gasteiger partial charge in [-0.3, -0.25) is 4.79 Å². The first kappa shape index (κ1) is 26.0. The number of amides is 1. The highest BCUT2D eigenvalue weighted by atomic mass is 32.1. The number of carbonyl (C=O) groups is 1. The predicted octanol–water partition coefficient (Wildman–Crippen LogP) is 7.48. The van der Waals surface area contributed by atoms with E-state index >= 15 is 0 Å². The number of carbonyl (C=O) groups excluding carboxylic acids is 1. The molecule has 1 aliphatic rings. The largest absolute Gasteiger partial charge is 0.497 e. The summed E-state index contributed by atoms with van der Waals surface area (Å²) in [7, 11) is 3.28. The zero-order chi connectivity index (χ0) is 25.9. The van der Waals surface area contributed by atoms with Gasteiger partial charge in [-0.05, 0) is 72.4 Å². The van der Waals surface area contributed by atoms with Crippen molar-refractivity contribution in [1.82, 2.24) is 0 Å². The van der Waals surface area contributed by atoms with Crippen molar-refractivity contribution in [3.63, 3.8) is 0 Å². The van der Waals surface area contributed by atoms with Gasteiger partial charge in [0.1, 0.15) is 16.5 Å². The maximum absolute atomic E-state index is 13.7. The average Bonchev–Trinajstić information content (AvgIpc) is 3.24. The van der Waals surface area contributed by atoms with Crippen molar-refractivity contribution in [2.45, 2.75) is 53.4 Å². The van der Waals surface area contributed by atoms with Crippen LogP contribution in [0.4, 0.5) is 10.7 Å². The predicted molar refractivity (Wildman–Crippen MR) is 150 cm³/mol. The molecule has 0 aliphatic heterocycles. The number of aliphatic imine (C=N–C) groups is 1. The van der Waals surface area contributed by atoms with Gasteiger partial charge in [-0.2, -0.15) is 0 Å². The van der Waals surface area contributed by atoms with E-state index in [1.165, 1.54) is 4.88 Å². The lowest BCUT2D eigenvalue weighted by Crippen LogP contribution is -2.27. The third-order valence-electron chi connectivity index (χ3n) is 7.10. The Balaban J connectivity index is 1.75. The number of nitrogens with zero attached hydrogens (tertiary/aromatic N) is 1. The molecule has 0 radical (unpaired) electrons. The summed E-state index contributed by atoms with van der Waals surface area (Å²) in [6.07, 6.45) is 5.58. The molecule has 1 N–H and O–H groups in total. The van der Waals surface area contributed by atoms with Crippen LogP contribution in [0.15, 0.2) is 47.5 Å². The first-order valence-electron chi connectivity index (χ1n) is 12.5. The minimum Gasteiger partial charge on any atom is -0.497 e. The van der Waals surface area contributed by atoms with Gasteiger partial charge in [0.2, 0.25) is 0 Å². The number of hydrogen-bond donors (Lipinski definition) is 1. The van der Waals surface area contributed by atoms with E-state index in [0.29, 0.717) is 17.2 Å². The number of benzene rings is 2. The molecule has 0 saturated carbocycles. The van der Waals surface area contributed by atoms with Gasteiger partial charge in [-0.1, -0.05) is 45.9 Å². The molecule has 3 aromatic rings. The minimum atomic E-state index is -0.0904. The third kappa shape index (κ3) is 5.49. The fourth-order valence-electron chi connectivity index (χ4n) is 4.84. The molecule has 5 nitrogen and oxygen atoms in total. The van der Waals surface area contributed by atoms with E-state index in [4.69, 9.17) is 14.5 Å². The molecule has 0 fully saturated rings. The number of ether oxygens (including phenoxy) is 2. The number of fused-ring (bicyclic) bond motifs is 1. The van der Waals surface area contributed by atoms with Crippen LogP contribution in [0.25, 0.3) is 0 Å². The summed E-state index contributed by atoms with van der Waals surface area (Å²) in [6.45, 7) is 9.01. The summed E-state index contributed by atoms with van der Waals surface area (Å²) < 4.78 is 10.9. The van der Waals surface area contributed by atoms with E-state index in [1.54, 1.807) is 31.8 Å². The van der Waals surface area contributed by atoms with Crippen LogP contribution >= 0.6 is 11.3 Å². The van der Waals surface area contributed by atoms with Crippen molar-refractivity contribution in [3.8, 4) is 11.5 Å². The highest BCUT2D eigenvalue weighted by Gasteiger charge is 2.33. The smallest absolute Gasteiger partial charge is 0.259 e. The fourth-order valence-corrected chi connectivity index (χ4v) is 6.11. The molecule has 0 bridgehead atoms. The molecule has 0 unspecified atom stereocenters. The van der Waals surface area contributed by atoms with Crippen LogP contribution in [0.1, 0.15) is 66.0 Å². The van der Waals surface area contributed by atoms with E-state index in [0.717, 1.165) is 58.8 Å². The maximum Gasteiger partial charge on any atom is 0.259 e. The summed E-state index contributed by atoms with van der Waals surface area (Å²) >= 11 is 1.64. The lowest BCUT2D eigenvalue weighted by molar-refractivity contribution is 0.102. The molecule has 4 rings (SSSR count). The number of rotatable bonds is 7. The Kier molecular flexibility index (Phi) is 7.84. The van der Waals surface area contributed by atoms with Gasteiger partial charge < -0.3 is 14.8 Å². The van der Waals surface area contributed by atoms with Crippen molar-refractivity contribution in [1.29, 1.82) is 0 Å². The Morgan fingerprint density at radius 2 is 1.94 bits per heavy atom. The van der Waals surface area contributed by atoms with Gasteiger partial charge in [-0.25, -0.2) is 4.99 Å². The van der Waals surface area contributed by atoms with Crippen LogP contribution < -0.4 is 14.8 Å². The average molecular weight is 505 g/mol. The molecule has 36 heavy (non-hydrogen) atoms. The Morgan fingerprint density at radius 1 is 1.17 bits per heavy atom. The standard InChI is InChI=1S/C30H36N2O3S/c1-7-19-10-8-9-11-24(19)32-28(33)27-23-14-12-21(30(2,3)4)17-26(23)36-29(27)31-18-20-16-22(34-5)13-15-25(20)35-6/h8-11,13,15-16,18,21H,7,12,14,17H2,1-6H3,(H,32,33)/t21-/m1/s1. The lowest BCUT2D eigenvalue weighted by atomic mass is 9.72. The summed E-state index contributed by atoms with van der Waals surface area (Å²) in [6, 6.07) is 13.6. The van der Waals surface area contributed by atoms with E-state index in [2.05, 4.69) is 39.1 Å². The molecule has 1 aliphatic carbocycles. The Bertz CT molecular complexity index is 1270. The van der Waals surface area contributed by atoms with E-state index in [9.17, 15) is 4.79 Å². The molecule has 1 amide bonds. The number of nitrogens with one attached hydrogen (secondary N) is 1. The number of para-hydroxylation sites is 1. The number of thiophene rings is 1. The highest BCUT2D eigenvalue weighted by Crippen LogP contribution is 2.45. The molecular weight excluding hydrogens is 468 g/mol. The van der Waals surface area contributed by atoms with Crippen molar-refractivity contribution in [2.75, 3.05) is 19.5 Å². The molecule has 1 atom stereocenters. The van der Waals surface area contributed by atoms with E-state index in [1.807, 2.05) is 36.4 Å². The monoisotopic (exact) mass is 504 g/mol. The Morgan fingerprint density at radius 3 is 2.64 bits per heavy atom. The summed E-state index contributed by atoms with van der Waals surface area (Å²) in [5, 5.41) is 3.93. The van der Waals surface area contributed by atoms with Gasteiger partial charge in [-0.15, -0.1) is 11.3 Å². The first-order chi connectivity index (χ1) is 17.2. The van der Waals surface area contributed by atoms with Crippen molar-refractivity contribution in [3.05, 3.63) is 69.6 Å². The maximum atomic E-state index is 13.7. The van der Waals surface area contributed by atoms with Crippen molar-refractivity contribution in [2.24, 2.45) is 16.3 Å². The molecule has 1 aromatic heterocycles. The zero-order valence-corrected chi connectivity index (χ0v) is 22.9. The Labute approximate surface area is 218 Å². The molecule has 6 heteroatoms. The minimum absolute atomic E-state index is 0.0904. The molecular formula is C30H36N2O3S. The summed E-state index contributed by atoms with van der Waals surface area (Å²) in [5.41, 5.74) is 4.86. The number of aryl methyl sites for hydroxylation is 1. The van der Waals surface area contributed by atoms with Crippen LogP contribution in [-0.4, -0.2) is 26.3 Å². The molecule has 190 valence electrons. The molecule has 2 aromatic carbocycles. The quantitative estimate of drug-likeness (QED) is 0.339. The van der Waals surface area contributed by atoms with Gasteiger partial charge in [0.25, 0.3) is 5.91 Å². The van der Waals surface area contributed by atoms with Crippen LogP contribution in [0.5, 0.6) is 11.5 Å². The molecule has 0 spiro atoms. The molecule has 0 saturated heterocycles. The number of methoxy groups -OCH3 is 2. The number of anilines is 1. The topological polar surface area (TPSA) is 59.9 Å². The van der Waals surface area contributed by atoms with Crippen LogP contribution in [0.3, 0.4) is 0 Å². The highest BCUT2D eigenvalue weighted by molar-refractivity contribution is 7.16. The van der Waals surface area contributed by atoms with Crippen molar-refractivity contribution >= 4 is 34.1 Å². The van der Waals surface area contributed by atoms with Gasteiger partial charge in [0.05, 0.1) is 19.8 Å². The van der Waals surface area contributed by atoms with Gasteiger partial charge in [0.15, 0.2) is 0 Å². The lowest BCUT2D eigenvalue weighted by Gasteiger charge is -2.33. The normalized spacial score (nSPS) is 15.6. The second kappa shape index (κ2) is 10.9. The third-order valence-corrected chi connectivity index (χ3v) is 8.27. The van der Waals surface area contributed by atoms with Crippen LogP contribution in [0, 0.1) is 11.3 Å². The Hall–Kier alpha value is -3.12. The van der Waals surface area contributed by atoms with E-state index in [-0.39, 0.29) is 11.3 Å². The van der Waals surface area contributed by atoms with Gasteiger partial charge in [0, 0.05) is 22.3 Å². The first-order valence-corrected chi connectivity index (χ1v) is 13.4. The van der Waals surface area contributed by atoms with Gasteiger partial charge >= 0.3 is 0 Å². The SMILES string of the molecule is CCc1ccccc1NC(=O)c1c(N=Cc2cc(OC)ccc2OC)sc2c1CC[C@@H](C(C)(C)C)C2. The summed E-state index contributed by atoms with van der Waals surface area (Å²) in [4.78, 5) is 19.9. The van der Waals surface area contributed by atoms with Crippen LogP contribution in [-0.2, 0) is 19.3 Å². The van der Waals surface area contributed by atoms with Crippen molar-refractivity contribution < 1.29 is 14.3 Å². The number of hydrogen-bond acceptors (Lipinski definition) is 5. The molecule has 1 heterocycles. The van der Waals surface area contributed by atoms with Crippen LogP contribution in [0.2, 0.25) is 0 Å². The second-order valence-corrected chi connectivity index (χ2v) is 11.4. The summed E-state index contributed by atoms with van der Waals surface area (Å²) in [5.74, 6) is 1.92. The zero-order valence-electron chi connectivity index (χ0n) is 22.1. The second-order valence-electron chi connectivity index (χ2n) is 10.3.